The van der Waals surface area contributed by atoms with Gasteiger partial charge in [-0.2, -0.15) is 0 Å². The molecule has 0 saturated carbocycles. The number of nitrogens with one attached hydrogen (secondary N) is 4. The van der Waals surface area contributed by atoms with Crippen LogP contribution in [0.4, 0.5) is 4.79 Å². The maximum atomic E-state index is 11.7. The van der Waals surface area contributed by atoms with Crippen LogP contribution in [0.1, 0.15) is 77.9 Å². The molecule has 4 heterocycles. The lowest BCUT2D eigenvalue weighted by Gasteiger charge is -2.11. The van der Waals surface area contributed by atoms with Gasteiger partial charge in [0.25, 0.3) is 0 Å². The van der Waals surface area contributed by atoms with Gasteiger partial charge in [-0.25, -0.2) is 14.3 Å². The Hall–Kier alpha value is -6.38. The van der Waals surface area contributed by atoms with Crippen molar-refractivity contribution in [3.05, 3.63) is 109 Å². The van der Waals surface area contributed by atoms with Crippen LogP contribution in [0.25, 0.3) is 62.3 Å². The SMILES string of the molecule is CCc1cc(-c2[nH][nH]c(=S)c2-c2ccc3c(c2)c(C)c(C)n3C(=O)O)c(O)cc1C.CCc1cc(-c2[nH][nH]c(=S)c2C2=Cc3c(nc(C)n3CC)C=CC2)c(O)cc1O. The second-order valence-corrected chi connectivity index (χ2v) is 15.5. The molecule has 304 valence electrons. The molecule has 0 amide bonds. The number of phenolic OH excluding ortho intramolecular Hbond substituents is 3. The number of carbonyl (C=O) groups is 1. The summed E-state index contributed by atoms with van der Waals surface area (Å²) in [7, 11) is 0. The van der Waals surface area contributed by atoms with Gasteiger partial charge < -0.3 is 25.0 Å². The normalized spacial score (nSPS) is 12.3. The van der Waals surface area contributed by atoms with Crippen molar-refractivity contribution in [2.45, 2.75) is 74.3 Å². The fourth-order valence-electron chi connectivity index (χ4n) is 8.08. The van der Waals surface area contributed by atoms with E-state index in [-0.39, 0.29) is 17.2 Å². The third-order valence-corrected chi connectivity index (χ3v) is 11.9. The second kappa shape index (κ2) is 16.1. The molecule has 7 aromatic rings. The predicted octanol–water partition coefficient (Wildman–Crippen LogP) is 11.3. The van der Waals surface area contributed by atoms with E-state index in [4.69, 9.17) is 24.4 Å². The summed E-state index contributed by atoms with van der Waals surface area (Å²) in [4.78, 5) is 16.4. The summed E-state index contributed by atoms with van der Waals surface area (Å²) >= 11 is 11.1. The van der Waals surface area contributed by atoms with E-state index in [1.165, 1.54) is 10.6 Å². The van der Waals surface area contributed by atoms with Crippen LogP contribution in [0.5, 0.6) is 17.2 Å². The van der Waals surface area contributed by atoms with E-state index < -0.39 is 6.09 Å². The Morgan fingerprint density at radius 1 is 0.797 bits per heavy atom. The summed E-state index contributed by atoms with van der Waals surface area (Å²) in [5.74, 6) is 1.25. The Morgan fingerprint density at radius 2 is 1.42 bits per heavy atom. The van der Waals surface area contributed by atoms with Crippen molar-refractivity contribution < 1.29 is 25.2 Å². The highest BCUT2D eigenvalue weighted by atomic mass is 32.1. The Bertz CT molecular complexity index is 2990. The van der Waals surface area contributed by atoms with E-state index in [0.717, 1.165) is 80.1 Å². The number of aryl methyl sites for hydroxylation is 5. The van der Waals surface area contributed by atoms with E-state index in [2.05, 4.69) is 55.9 Å². The van der Waals surface area contributed by atoms with Gasteiger partial charge in [-0.1, -0.05) is 50.4 Å². The molecule has 0 aliphatic heterocycles. The standard InChI is InChI=1S/C23H23N3O3S.C22H24N4O2S/c1-5-14-9-17(19(27)8-11(14)2)21-20(22(30)25-24-21)15-6-7-18-16(10-15)12(3)13(4)26(18)23(28)29;1-4-13-9-15(19(28)11-18(13)27)21-20(22(29)25-24-21)14-7-6-8-16-17(10-14)26(5-2)12(3)23-16/h6-10,27H,5H2,1-4H3,(H,28,29)(H2,24,25,30);6,8-11,27-28H,4-5,7H2,1-3H3,(H2,24,25,29). The predicted molar refractivity (Wildman–Crippen MR) is 239 cm³/mol. The topological polar surface area (TPSA) is 184 Å². The lowest BCUT2D eigenvalue weighted by molar-refractivity contribution is 0.197. The van der Waals surface area contributed by atoms with Crippen LogP contribution >= 0.6 is 24.4 Å². The zero-order chi connectivity index (χ0) is 42.4. The minimum absolute atomic E-state index is 0.00565. The van der Waals surface area contributed by atoms with Crippen LogP contribution in [0.15, 0.2) is 48.5 Å². The summed E-state index contributed by atoms with van der Waals surface area (Å²) in [6, 6.07) is 12.6. The van der Waals surface area contributed by atoms with Crippen molar-refractivity contribution in [3.8, 4) is 50.9 Å². The smallest absolute Gasteiger partial charge is 0.416 e. The Balaban J connectivity index is 0.000000179. The van der Waals surface area contributed by atoms with E-state index >= 15 is 0 Å². The van der Waals surface area contributed by atoms with Crippen LogP contribution in [-0.2, 0) is 19.4 Å². The first-order chi connectivity index (χ1) is 28.2. The van der Waals surface area contributed by atoms with Gasteiger partial charge in [0.1, 0.15) is 32.4 Å². The first-order valence-electron chi connectivity index (χ1n) is 19.5. The third kappa shape index (κ3) is 7.23. The summed E-state index contributed by atoms with van der Waals surface area (Å²) in [6.45, 7) is 14.7. The molecule has 0 radical (unpaired) electrons. The van der Waals surface area contributed by atoms with Crippen LogP contribution in [0, 0.1) is 37.0 Å². The fraction of sp³-hybridized carbons (Fsp3) is 0.244. The van der Waals surface area contributed by atoms with Crippen molar-refractivity contribution in [1.82, 2.24) is 34.5 Å². The largest absolute Gasteiger partial charge is 0.508 e. The van der Waals surface area contributed by atoms with E-state index in [9.17, 15) is 25.2 Å². The quantitative estimate of drug-likeness (QED) is 0.0730. The number of carboxylic acid groups (broad SMARTS) is 1. The summed E-state index contributed by atoms with van der Waals surface area (Å²) in [6.07, 6.45) is 7.47. The summed E-state index contributed by atoms with van der Waals surface area (Å²) in [5.41, 5.74) is 13.4. The van der Waals surface area contributed by atoms with Gasteiger partial charge in [0.2, 0.25) is 0 Å². The van der Waals surface area contributed by atoms with E-state index in [1.807, 2.05) is 58.0 Å². The number of hydrogen-bond acceptors (Lipinski definition) is 7. The van der Waals surface area contributed by atoms with Gasteiger partial charge >= 0.3 is 6.09 Å². The maximum Gasteiger partial charge on any atom is 0.416 e. The van der Waals surface area contributed by atoms with Gasteiger partial charge in [-0.3, -0.25) is 20.4 Å². The van der Waals surface area contributed by atoms with Crippen LogP contribution < -0.4 is 0 Å². The molecule has 0 bridgehead atoms. The summed E-state index contributed by atoms with van der Waals surface area (Å²) < 4.78 is 4.58. The molecule has 8 N–H and O–H groups in total. The monoisotopic (exact) mass is 829 g/mol. The Kier molecular flexibility index (Phi) is 11.1. The van der Waals surface area contributed by atoms with Crippen molar-refractivity contribution in [2.24, 2.45) is 0 Å². The number of fused-ring (bicyclic) bond motifs is 2. The van der Waals surface area contributed by atoms with Crippen LogP contribution in [0.3, 0.4) is 0 Å². The molecular weight excluding hydrogens is 783 g/mol. The molecule has 0 atom stereocenters. The van der Waals surface area contributed by atoms with Crippen molar-refractivity contribution >= 4 is 59.2 Å². The van der Waals surface area contributed by atoms with E-state index in [1.54, 1.807) is 19.1 Å². The number of aromatic hydroxyl groups is 3. The van der Waals surface area contributed by atoms with Crippen molar-refractivity contribution in [3.63, 3.8) is 0 Å². The fourth-order valence-corrected chi connectivity index (χ4v) is 8.63. The maximum absolute atomic E-state index is 11.7. The molecule has 59 heavy (non-hydrogen) atoms. The number of imidazole rings is 1. The molecule has 1 aliphatic carbocycles. The highest BCUT2D eigenvalue weighted by Gasteiger charge is 2.23. The molecule has 8 rings (SSSR count). The van der Waals surface area contributed by atoms with Gasteiger partial charge in [-0.05, 0) is 130 Å². The highest BCUT2D eigenvalue weighted by molar-refractivity contribution is 7.71. The first-order valence-corrected chi connectivity index (χ1v) is 20.3. The number of aromatic nitrogens is 7. The molecule has 4 aromatic heterocycles. The number of H-pyrrole nitrogens is 4. The molecule has 3 aromatic carbocycles. The van der Waals surface area contributed by atoms with Gasteiger partial charge in [0.15, 0.2) is 0 Å². The van der Waals surface area contributed by atoms with Crippen molar-refractivity contribution in [2.75, 3.05) is 0 Å². The average molecular weight is 830 g/mol. The average Bonchev–Trinajstić information content (AvgIpc) is 3.89. The number of phenols is 3. The minimum atomic E-state index is -1.00. The number of aromatic amines is 4. The van der Waals surface area contributed by atoms with Gasteiger partial charge in [-0.15, -0.1) is 0 Å². The number of hydrogen-bond donors (Lipinski definition) is 8. The Labute approximate surface area is 351 Å². The zero-order valence-electron chi connectivity index (χ0n) is 34.0. The molecular formula is C45H47N7O5S2. The Morgan fingerprint density at radius 3 is 2.07 bits per heavy atom. The second-order valence-electron chi connectivity index (χ2n) is 14.7. The first kappa shape index (κ1) is 40.8. The number of allylic oxidation sites excluding steroid dienone is 2. The number of benzene rings is 3. The van der Waals surface area contributed by atoms with E-state index in [0.29, 0.717) is 55.8 Å². The molecule has 0 fully saturated rings. The highest BCUT2D eigenvalue weighted by Crippen LogP contribution is 2.41. The molecule has 1 aliphatic rings. The van der Waals surface area contributed by atoms with Crippen molar-refractivity contribution in [1.29, 1.82) is 0 Å². The van der Waals surface area contributed by atoms with Crippen LogP contribution in [-0.4, -0.2) is 61.0 Å². The number of nitrogens with zero attached hydrogens (tertiary/aromatic N) is 3. The number of rotatable bonds is 7. The molecule has 14 heteroatoms. The van der Waals surface area contributed by atoms with Gasteiger partial charge in [0, 0.05) is 45.9 Å². The lowest BCUT2D eigenvalue weighted by Crippen LogP contribution is -2.09. The van der Waals surface area contributed by atoms with Gasteiger partial charge in [0.05, 0.1) is 28.3 Å². The molecule has 12 nitrogen and oxygen atoms in total. The van der Waals surface area contributed by atoms with Crippen LogP contribution in [0.2, 0.25) is 0 Å². The molecule has 0 spiro atoms. The molecule has 0 unspecified atom stereocenters. The summed E-state index contributed by atoms with van der Waals surface area (Å²) in [5, 5.41) is 53.9. The lowest BCUT2D eigenvalue weighted by atomic mass is 9.95. The molecule has 0 saturated heterocycles. The zero-order valence-corrected chi connectivity index (χ0v) is 35.6. The minimum Gasteiger partial charge on any atom is -0.508 e. The third-order valence-electron chi connectivity index (χ3n) is 11.3.